The van der Waals surface area contributed by atoms with E-state index in [-0.39, 0.29) is 38.5 Å². The summed E-state index contributed by atoms with van der Waals surface area (Å²) in [6, 6.07) is 9.80. The van der Waals surface area contributed by atoms with Crippen molar-refractivity contribution in [1.29, 1.82) is 0 Å². The number of nitrogens with zero attached hydrogens (tertiary/aromatic N) is 4. The van der Waals surface area contributed by atoms with Gasteiger partial charge in [0.2, 0.25) is 5.91 Å². The number of carbonyl (C=O) groups is 3. The predicted molar refractivity (Wildman–Crippen MR) is 183 cm³/mol. The molecule has 5 heterocycles. The molecule has 0 aliphatic carbocycles. The summed E-state index contributed by atoms with van der Waals surface area (Å²) in [5, 5.41) is 2.88. The van der Waals surface area contributed by atoms with E-state index in [1.165, 1.54) is 9.80 Å². The second-order valence-corrected chi connectivity index (χ2v) is 15.3. The van der Waals surface area contributed by atoms with E-state index in [0.29, 0.717) is 61.9 Å². The zero-order chi connectivity index (χ0) is 37.9. The summed E-state index contributed by atoms with van der Waals surface area (Å²) in [6.45, 7) is 1.95. The molecular formula is C37H44F6N6O4. The highest BCUT2D eigenvalue weighted by atomic mass is 19.4. The lowest BCUT2D eigenvalue weighted by Crippen LogP contribution is -2.57. The van der Waals surface area contributed by atoms with Crippen LogP contribution in [0.5, 0.6) is 0 Å². The van der Waals surface area contributed by atoms with E-state index in [2.05, 4.69) is 22.2 Å². The van der Waals surface area contributed by atoms with Gasteiger partial charge < -0.3 is 30.5 Å². The van der Waals surface area contributed by atoms with E-state index < -0.39 is 64.7 Å². The van der Waals surface area contributed by atoms with E-state index in [0.717, 1.165) is 31.2 Å². The van der Waals surface area contributed by atoms with Gasteiger partial charge in [0.15, 0.2) is 6.10 Å². The highest BCUT2D eigenvalue weighted by Gasteiger charge is 2.46. The molecule has 0 radical (unpaired) electrons. The van der Waals surface area contributed by atoms with Crippen LogP contribution >= 0.6 is 0 Å². The topological polar surface area (TPSA) is 111 Å². The van der Waals surface area contributed by atoms with Gasteiger partial charge in [0.05, 0.1) is 16.8 Å². The van der Waals surface area contributed by atoms with E-state index in [1.807, 2.05) is 24.3 Å². The number of piperidine rings is 2. The second kappa shape index (κ2) is 14.0. The monoisotopic (exact) mass is 750 g/mol. The predicted octanol–water partition coefficient (Wildman–Crippen LogP) is 5.50. The van der Waals surface area contributed by atoms with Gasteiger partial charge in [-0.25, -0.2) is 4.79 Å². The highest BCUT2D eigenvalue weighted by Crippen LogP contribution is 2.46. The van der Waals surface area contributed by atoms with Crippen molar-refractivity contribution in [2.75, 3.05) is 57.4 Å². The molecular weight excluding hydrogens is 706 g/mol. The van der Waals surface area contributed by atoms with Crippen LogP contribution in [0.15, 0.2) is 36.4 Å². The van der Waals surface area contributed by atoms with Crippen LogP contribution in [0.25, 0.3) is 0 Å². The molecule has 1 spiro atoms. The number of fused-ring (bicyclic) bond motifs is 4. The number of halogens is 6. The SMILES string of the molecule is CN1C2CCC1CC(N1CCN(C(=O)[C@@H](Cc3cc(C(F)(F)F)c(N)c(C(F)(F)F)c3)OC(=O)N3CCC4(CC3)CC(=O)Nc3ccccc34)CC1)C2. The summed E-state index contributed by atoms with van der Waals surface area (Å²) < 4.78 is 89.3. The average Bonchev–Trinajstić information content (AvgIpc) is 3.29. The maximum absolute atomic E-state index is 14.1. The number of alkyl halides is 6. The first-order valence-electron chi connectivity index (χ1n) is 18.2. The third kappa shape index (κ3) is 7.40. The van der Waals surface area contributed by atoms with Crippen molar-refractivity contribution in [3.63, 3.8) is 0 Å². The summed E-state index contributed by atoms with van der Waals surface area (Å²) in [4.78, 5) is 48.0. The number of nitrogens with two attached hydrogens (primary N) is 1. The Morgan fingerprint density at radius 2 is 1.47 bits per heavy atom. The third-order valence-electron chi connectivity index (χ3n) is 12.3. The largest absolute Gasteiger partial charge is 0.436 e. The van der Waals surface area contributed by atoms with Gasteiger partial charge in [-0.3, -0.25) is 14.5 Å². The van der Waals surface area contributed by atoms with Gasteiger partial charge in [0.25, 0.3) is 5.91 Å². The molecule has 10 nitrogen and oxygen atoms in total. The van der Waals surface area contributed by atoms with Crippen LogP contribution < -0.4 is 11.1 Å². The molecule has 7 rings (SSSR count). The Balaban J connectivity index is 1.10. The molecule has 4 fully saturated rings. The minimum atomic E-state index is -5.21. The first-order valence-corrected chi connectivity index (χ1v) is 18.2. The van der Waals surface area contributed by atoms with Crippen LogP contribution in [0.2, 0.25) is 0 Å². The van der Waals surface area contributed by atoms with Crippen molar-refractivity contribution in [3.8, 4) is 0 Å². The van der Waals surface area contributed by atoms with Crippen molar-refractivity contribution in [1.82, 2.24) is 19.6 Å². The molecule has 2 aromatic carbocycles. The fourth-order valence-corrected chi connectivity index (χ4v) is 9.30. The number of para-hydroxylation sites is 1. The number of ether oxygens (including phenoxy) is 1. The van der Waals surface area contributed by atoms with Crippen LogP contribution in [0.1, 0.15) is 67.2 Å². The number of rotatable bonds is 5. The number of benzene rings is 2. The Labute approximate surface area is 303 Å². The molecule has 3 N–H and O–H groups in total. The van der Waals surface area contributed by atoms with Crippen molar-refractivity contribution in [2.24, 2.45) is 0 Å². The van der Waals surface area contributed by atoms with E-state index >= 15 is 0 Å². The number of amides is 3. The number of likely N-dealkylation sites (tertiary alicyclic amines) is 1. The lowest BCUT2D eigenvalue weighted by Gasteiger charge is -2.45. The number of nitrogens with one attached hydrogen (secondary N) is 1. The van der Waals surface area contributed by atoms with Crippen LogP contribution in [0.3, 0.4) is 0 Å². The van der Waals surface area contributed by atoms with Crippen molar-refractivity contribution < 1.29 is 45.5 Å². The van der Waals surface area contributed by atoms with Crippen molar-refractivity contribution >= 4 is 29.3 Å². The molecule has 288 valence electrons. The Hall–Kier alpha value is -4.05. The van der Waals surface area contributed by atoms with E-state index in [4.69, 9.17) is 10.5 Å². The quantitative estimate of drug-likeness (QED) is 0.307. The van der Waals surface area contributed by atoms with Crippen molar-refractivity contribution in [3.05, 3.63) is 58.7 Å². The molecule has 0 aromatic heterocycles. The smallest absolute Gasteiger partial charge is 0.418 e. The van der Waals surface area contributed by atoms with E-state index in [1.54, 1.807) is 0 Å². The number of nitrogen functional groups attached to an aromatic ring is 1. The minimum absolute atomic E-state index is 0.145. The van der Waals surface area contributed by atoms with Gasteiger partial charge in [0.1, 0.15) is 0 Å². The molecule has 5 aliphatic heterocycles. The van der Waals surface area contributed by atoms with Crippen LogP contribution in [-0.2, 0) is 38.5 Å². The zero-order valence-corrected chi connectivity index (χ0v) is 29.4. The molecule has 3 atom stereocenters. The fraction of sp³-hybridized carbons (Fsp3) is 0.595. The standard InChI is InChI=1S/C37H44F6N6O4/c1-46-23-6-7-24(46)20-25(19-23)47-12-14-48(15-13-47)33(51)30(18-22-16-27(36(38,39)40)32(44)28(17-22)37(41,42)43)53-34(52)49-10-8-35(9-11-49)21-31(50)45-29-5-3-2-4-26(29)35/h2-5,16-17,23-25,30H,6-15,18-21,44H2,1H3,(H,45,50)/t23?,24?,25?,30-/m1/s1. The number of carbonyl (C=O) groups excluding carboxylic acids is 3. The summed E-state index contributed by atoms with van der Waals surface area (Å²) >= 11 is 0. The summed E-state index contributed by atoms with van der Waals surface area (Å²) in [5.74, 6) is -0.833. The number of piperazine rings is 1. The molecule has 2 aromatic rings. The van der Waals surface area contributed by atoms with Crippen LogP contribution in [0.4, 0.5) is 42.5 Å². The first kappa shape index (κ1) is 37.3. The number of hydrogen-bond acceptors (Lipinski definition) is 7. The maximum atomic E-state index is 14.1. The Kier molecular flexibility index (Phi) is 9.83. The molecule has 0 saturated carbocycles. The van der Waals surface area contributed by atoms with Gasteiger partial charge in [-0.05, 0) is 74.9 Å². The normalized spacial score (nSPS) is 25.6. The summed E-state index contributed by atoms with van der Waals surface area (Å²) in [6.07, 6.45) is -8.35. The Bertz CT molecular complexity index is 1690. The van der Waals surface area contributed by atoms with Gasteiger partial charge in [-0.1, -0.05) is 18.2 Å². The lowest BCUT2D eigenvalue weighted by molar-refractivity contribution is -0.143. The third-order valence-corrected chi connectivity index (χ3v) is 12.3. The van der Waals surface area contributed by atoms with Crippen LogP contribution in [-0.4, -0.2) is 108 Å². The maximum Gasteiger partial charge on any atom is 0.418 e. The minimum Gasteiger partial charge on any atom is -0.436 e. The van der Waals surface area contributed by atoms with Gasteiger partial charge in [-0.15, -0.1) is 0 Å². The van der Waals surface area contributed by atoms with Crippen molar-refractivity contribution in [2.45, 2.75) is 93.4 Å². The summed E-state index contributed by atoms with van der Waals surface area (Å²) in [5.41, 5.74) is 1.18. The van der Waals surface area contributed by atoms with Gasteiger partial charge in [-0.2, -0.15) is 26.3 Å². The molecule has 2 unspecified atom stereocenters. The molecule has 53 heavy (non-hydrogen) atoms. The zero-order valence-electron chi connectivity index (χ0n) is 29.4. The van der Waals surface area contributed by atoms with Gasteiger partial charge >= 0.3 is 18.4 Å². The van der Waals surface area contributed by atoms with Gasteiger partial charge in [0, 0.05) is 81.3 Å². The average molecular weight is 751 g/mol. The second-order valence-electron chi connectivity index (χ2n) is 15.3. The Morgan fingerprint density at radius 3 is 2.06 bits per heavy atom. The fourth-order valence-electron chi connectivity index (χ4n) is 9.30. The molecule has 16 heteroatoms. The highest BCUT2D eigenvalue weighted by molar-refractivity contribution is 5.95. The molecule has 4 saturated heterocycles. The number of hydrogen-bond donors (Lipinski definition) is 2. The van der Waals surface area contributed by atoms with E-state index in [9.17, 15) is 40.7 Å². The van der Waals surface area contributed by atoms with Crippen LogP contribution in [0, 0.1) is 0 Å². The number of anilines is 2. The Morgan fingerprint density at radius 1 is 0.887 bits per heavy atom. The lowest BCUT2D eigenvalue weighted by atomic mass is 9.68. The summed E-state index contributed by atoms with van der Waals surface area (Å²) in [7, 11) is 2.16. The molecule has 2 bridgehead atoms. The molecule has 5 aliphatic rings. The molecule has 3 amide bonds. The first-order chi connectivity index (χ1) is 25.0.